The third-order valence-corrected chi connectivity index (χ3v) is 4.70. The first-order chi connectivity index (χ1) is 12.8. The van der Waals surface area contributed by atoms with Gasteiger partial charge in [0.25, 0.3) is 0 Å². The first-order valence-electron chi connectivity index (χ1n) is 8.59. The number of nitrogens with zero attached hydrogens (tertiary/aromatic N) is 2. The van der Waals surface area contributed by atoms with Gasteiger partial charge in [0.1, 0.15) is 5.82 Å². The Labute approximate surface area is 163 Å². The van der Waals surface area contributed by atoms with Crippen LogP contribution in [0.2, 0.25) is 5.02 Å². The molecule has 6 heteroatoms. The molecule has 27 heavy (non-hydrogen) atoms. The van der Waals surface area contributed by atoms with Crippen LogP contribution in [0.4, 0.5) is 5.82 Å². The number of nitrogens with one attached hydrogen (secondary N) is 1. The molecule has 0 unspecified atom stereocenters. The maximum absolute atomic E-state index is 11.3. The van der Waals surface area contributed by atoms with E-state index in [1.54, 1.807) is 18.2 Å². The zero-order chi connectivity index (χ0) is 19.4. The molecule has 0 radical (unpaired) electrons. The summed E-state index contributed by atoms with van der Waals surface area (Å²) in [6, 6.07) is 18.6. The molecular weight excluding hydrogens is 360 g/mol. The highest BCUT2D eigenvalue weighted by Gasteiger charge is 2.20. The zero-order valence-corrected chi connectivity index (χ0v) is 16.0. The van der Waals surface area contributed by atoms with E-state index in [2.05, 4.69) is 29.4 Å². The summed E-state index contributed by atoms with van der Waals surface area (Å²) in [5.74, 6) is 0.222. The molecule has 138 valence electrons. The van der Waals surface area contributed by atoms with Gasteiger partial charge >= 0.3 is 0 Å². The van der Waals surface area contributed by atoms with Crippen LogP contribution in [0.15, 0.2) is 60.7 Å². The molecule has 1 aromatic heterocycles. The third kappa shape index (κ3) is 4.63. The van der Waals surface area contributed by atoms with Crippen molar-refractivity contribution in [2.24, 2.45) is 5.73 Å². The summed E-state index contributed by atoms with van der Waals surface area (Å²) in [7, 11) is 0. The van der Waals surface area contributed by atoms with Crippen molar-refractivity contribution in [2.45, 2.75) is 19.3 Å². The average Bonchev–Trinajstić information content (AvgIpc) is 2.67. The number of amides is 1. The van der Waals surface area contributed by atoms with Gasteiger partial charge in [-0.1, -0.05) is 49.7 Å². The molecule has 3 rings (SSSR count). The van der Waals surface area contributed by atoms with Gasteiger partial charge in [0.05, 0.1) is 5.69 Å². The lowest BCUT2D eigenvalue weighted by atomic mass is 9.84. The molecule has 1 amide bonds. The quantitative estimate of drug-likeness (QED) is 0.668. The molecule has 0 aliphatic heterocycles. The van der Waals surface area contributed by atoms with E-state index in [1.165, 1.54) is 5.56 Å². The van der Waals surface area contributed by atoms with Crippen molar-refractivity contribution in [1.29, 1.82) is 0 Å². The second kappa shape index (κ2) is 7.76. The summed E-state index contributed by atoms with van der Waals surface area (Å²) >= 11 is 5.97. The number of hydrogen-bond acceptors (Lipinski definition) is 4. The fourth-order valence-corrected chi connectivity index (χ4v) is 2.85. The molecule has 3 aromatic rings. The van der Waals surface area contributed by atoms with E-state index in [4.69, 9.17) is 17.3 Å². The Hall–Kier alpha value is -2.92. The molecule has 5 nitrogen and oxygen atoms in total. The van der Waals surface area contributed by atoms with Gasteiger partial charge in [-0.3, -0.25) is 4.79 Å². The Balaban J connectivity index is 1.70. The minimum atomic E-state index is -0.465. The standard InChI is InChI=1S/C21H21ClN4O/c1-21(2,16-6-8-17(22)9-7-16)13-24-19-11-10-18(25-26-19)14-4-3-5-15(12-14)20(23)27/h3-12H,13H2,1-2H3,(H2,23,27)(H,24,26). The van der Waals surface area contributed by atoms with Crippen molar-refractivity contribution < 1.29 is 4.79 Å². The topological polar surface area (TPSA) is 80.9 Å². The summed E-state index contributed by atoms with van der Waals surface area (Å²) in [6.07, 6.45) is 0. The molecule has 0 spiro atoms. The largest absolute Gasteiger partial charge is 0.368 e. The van der Waals surface area contributed by atoms with Gasteiger partial charge < -0.3 is 11.1 Å². The Morgan fingerprint density at radius 2 is 1.81 bits per heavy atom. The van der Waals surface area contributed by atoms with Gasteiger partial charge in [0, 0.05) is 28.1 Å². The second-order valence-corrected chi connectivity index (χ2v) is 7.43. The molecule has 0 fully saturated rings. The number of nitrogens with two attached hydrogens (primary N) is 1. The van der Waals surface area contributed by atoms with Crippen molar-refractivity contribution in [2.75, 3.05) is 11.9 Å². The maximum atomic E-state index is 11.3. The first-order valence-corrected chi connectivity index (χ1v) is 8.97. The Morgan fingerprint density at radius 1 is 1.07 bits per heavy atom. The molecule has 1 heterocycles. The minimum absolute atomic E-state index is 0.0965. The molecule has 3 N–H and O–H groups in total. The van der Waals surface area contributed by atoms with Gasteiger partial charge in [-0.15, -0.1) is 10.2 Å². The van der Waals surface area contributed by atoms with E-state index in [-0.39, 0.29) is 5.41 Å². The first kappa shape index (κ1) is 18.9. The zero-order valence-electron chi connectivity index (χ0n) is 15.2. The summed E-state index contributed by atoms with van der Waals surface area (Å²) in [6.45, 7) is 5.00. The number of hydrogen-bond donors (Lipinski definition) is 2. The van der Waals surface area contributed by atoms with Crippen LogP contribution in [-0.2, 0) is 5.41 Å². The monoisotopic (exact) mass is 380 g/mol. The van der Waals surface area contributed by atoms with Crippen LogP contribution in [0.5, 0.6) is 0 Å². The average molecular weight is 381 g/mol. The summed E-state index contributed by atoms with van der Waals surface area (Å²) in [4.78, 5) is 11.3. The van der Waals surface area contributed by atoms with Gasteiger partial charge in [-0.05, 0) is 42.0 Å². The smallest absolute Gasteiger partial charge is 0.248 e. The van der Waals surface area contributed by atoms with E-state index < -0.39 is 5.91 Å². The van der Waals surface area contributed by atoms with Crippen LogP contribution in [0, 0.1) is 0 Å². The highest BCUT2D eigenvalue weighted by molar-refractivity contribution is 6.30. The lowest BCUT2D eigenvalue weighted by Gasteiger charge is -2.26. The molecule has 0 atom stereocenters. The molecule has 0 aliphatic carbocycles. The number of benzene rings is 2. The van der Waals surface area contributed by atoms with Gasteiger partial charge in [-0.25, -0.2) is 0 Å². The molecule has 0 saturated heterocycles. The lowest BCUT2D eigenvalue weighted by molar-refractivity contribution is 0.100. The summed E-state index contributed by atoms with van der Waals surface area (Å²) < 4.78 is 0. The van der Waals surface area contributed by atoms with Crippen molar-refractivity contribution in [3.63, 3.8) is 0 Å². The Kier molecular flexibility index (Phi) is 5.42. The predicted molar refractivity (Wildman–Crippen MR) is 109 cm³/mol. The number of aromatic nitrogens is 2. The normalized spacial score (nSPS) is 11.2. The minimum Gasteiger partial charge on any atom is -0.368 e. The van der Waals surface area contributed by atoms with Crippen LogP contribution in [0.25, 0.3) is 11.3 Å². The third-order valence-electron chi connectivity index (χ3n) is 4.44. The molecule has 0 saturated carbocycles. The molecule has 0 aliphatic rings. The van der Waals surface area contributed by atoms with E-state index in [0.29, 0.717) is 23.6 Å². The van der Waals surface area contributed by atoms with Crippen molar-refractivity contribution in [3.05, 3.63) is 76.8 Å². The van der Waals surface area contributed by atoms with E-state index in [9.17, 15) is 4.79 Å². The van der Waals surface area contributed by atoms with Gasteiger partial charge in [0.15, 0.2) is 0 Å². The van der Waals surface area contributed by atoms with Crippen LogP contribution >= 0.6 is 11.6 Å². The highest BCUT2D eigenvalue weighted by Crippen LogP contribution is 2.25. The predicted octanol–water partition coefficient (Wildman–Crippen LogP) is 4.29. The fourth-order valence-electron chi connectivity index (χ4n) is 2.73. The lowest BCUT2D eigenvalue weighted by Crippen LogP contribution is -2.27. The van der Waals surface area contributed by atoms with E-state index in [0.717, 1.165) is 10.6 Å². The number of carbonyl (C=O) groups excluding carboxylic acids is 1. The maximum Gasteiger partial charge on any atom is 0.248 e. The fraction of sp³-hybridized carbons (Fsp3) is 0.190. The van der Waals surface area contributed by atoms with Gasteiger partial charge in [0.2, 0.25) is 5.91 Å². The number of primary amides is 1. The van der Waals surface area contributed by atoms with Crippen molar-refractivity contribution >= 4 is 23.3 Å². The Bertz CT molecular complexity index is 937. The highest BCUT2D eigenvalue weighted by atomic mass is 35.5. The molecule has 2 aromatic carbocycles. The summed E-state index contributed by atoms with van der Waals surface area (Å²) in [5.41, 5.74) is 8.34. The van der Waals surface area contributed by atoms with Crippen LogP contribution < -0.4 is 11.1 Å². The van der Waals surface area contributed by atoms with Crippen molar-refractivity contribution in [3.8, 4) is 11.3 Å². The van der Waals surface area contributed by atoms with Crippen LogP contribution in [-0.4, -0.2) is 22.6 Å². The van der Waals surface area contributed by atoms with E-state index in [1.807, 2.05) is 42.5 Å². The number of anilines is 1. The number of rotatable bonds is 6. The number of carbonyl (C=O) groups is 1. The van der Waals surface area contributed by atoms with Crippen LogP contribution in [0.3, 0.4) is 0 Å². The SMILES string of the molecule is CC(C)(CNc1ccc(-c2cccc(C(N)=O)c2)nn1)c1ccc(Cl)cc1. The van der Waals surface area contributed by atoms with E-state index >= 15 is 0 Å². The summed E-state index contributed by atoms with van der Waals surface area (Å²) in [5, 5.41) is 12.5. The molecule has 0 bridgehead atoms. The second-order valence-electron chi connectivity index (χ2n) is 6.99. The Morgan fingerprint density at radius 3 is 2.44 bits per heavy atom. The van der Waals surface area contributed by atoms with Crippen molar-refractivity contribution in [1.82, 2.24) is 10.2 Å². The van der Waals surface area contributed by atoms with Crippen LogP contribution in [0.1, 0.15) is 29.8 Å². The molecular formula is C21H21ClN4O. The number of halogens is 1. The van der Waals surface area contributed by atoms with Gasteiger partial charge in [-0.2, -0.15) is 0 Å².